The van der Waals surface area contributed by atoms with Gasteiger partial charge in [-0.15, -0.1) is 0 Å². The van der Waals surface area contributed by atoms with Gasteiger partial charge >= 0.3 is 5.97 Å². The molecule has 0 saturated heterocycles. The molecule has 0 unspecified atom stereocenters. The maximum atomic E-state index is 13.9. The van der Waals surface area contributed by atoms with Crippen LogP contribution in [0.15, 0.2) is 48.5 Å². The molecule has 0 bridgehead atoms. The van der Waals surface area contributed by atoms with E-state index in [2.05, 4.69) is 5.10 Å². The van der Waals surface area contributed by atoms with E-state index in [0.717, 1.165) is 5.56 Å². The lowest BCUT2D eigenvalue weighted by atomic mass is 10.1. The Kier molecular flexibility index (Phi) is 5.86. The summed E-state index contributed by atoms with van der Waals surface area (Å²) in [5.74, 6) is -1.83. The van der Waals surface area contributed by atoms with Gasteiger partial charge in [0.15, 0.2) is 5.69 Å². The Hall–Kier alpha value is -3.46. The monoisotopic (exact) mass is 351 g/mol. The molecular weight excluding hydrogens is 333 g/mol. The number of aromatic carboxylic acids is 1. The highest BCUT2D eigenvalue weighted by molar-refractivity contribution is 5.87. The molecule has 0 atom stereocenters. The van der Waals surface area contributed by atoms with E-state index in [1.54, 1.807) is 24.3 Å². The molecule has 1 N–H and O–H groups in total. The van der Waals surface area contributed by atoms with E-state index in [4.69, 9.17) is 5.26 Å². The number of aryl methyl sites for hydroxylation is 1. The Morgan fingerprint density at radius 2 is 1.81 bits per heavy atom. The molecule has 132 valence electrons. The van der Waals surface area contributed by atoms with Crippen molar-refractivity contribution in [3.05, 3.63) is 71.2 Å². The number of aromatic nitrogens is 2. The SMILES string of the molecule is CC.Cc1ccc(-n2nc(C(=O)O)cc2-c2ccc(C#N)c(F)c2)cc1. The van der Waals surface area contributed by atoms with Crippen molar-refractivity contribution in [1.29, 1.82) is 5.26 Å². The standard InChI is InChI=1S/C18H12FN3O2.C2H6/c1-11-2-6-14(7-3-11)22-17(9-16(21-22)18(23)24)12-4-5-13(10-20)15(19)8-12;1-2/h2-9H,1H3,(H,23,24);1-2H3. The first-order valence-electron chi connectivity index (χ1n) is 8.10. The largest absolute Gasteiger partial charge is 0.476 e. The summed E-state index contributed by atoms with van der Waals surface area (Å²) in [5, 5.41) is 22.1. The maximum absolute atomic E-state index is 13.9. The molecule has 6 heteroatoms. The predicted molar refractivity (Wildman–Crippen MR) is 96.7 cm³/mol. The van der Waals surface area contributed by atoms with Gasteiger partial charge in [0.2, 0.25) is 0 Å². The zero-order valence-electron chi connectivity index (χ0n) is 14.7. The Labute approximate surface area is 150 Å². The molecule has 0 spiro atoms. The molecule has 2 aromatic carbocycles. The van der Waals surface area contributed by atoms with Gasteiger partial charge < -0.3 is 5.11 Å². The Morgan fingerprint density at radius 3 is 2.35 bits per heavy atom. The third-order valence-electron chi connectivity index (χ3n) is 3.59. The van der Waals surface area contributed by atoms with E-state index < -0.39 is 11.8 Å². The van der Waals surface area contributed by atoms with Crippen LogP contribution in [0.2, 0.25) is 0 Å². The summed E-state index contributed by atoms with van der Waals surface area (Å²) in [6.07, 6.45) is 0. The second-order valence-corrected chi connectivity index (χ2v) is 5.27. The first-order valence-corrected chi connectivity index (χ1v) is 8.10. The lowest BCUT2D eigenvalue weighted by Crippen LogP contribution is -2.02. The molecule has 0 radical (unpaired) electrons. The van der Waals surface area contributed by atoms with Crippen molar-refractivity contribution in [1.82, 2.24) is 9.78 Å². The van der Waals surface area contributed by atoms with E-state index >= 15 is 0 Å². The van der Waals surface area contributed by atoms with Crippen molar-refractivity contribution in [2.75, 3.05) is 0 Å². The predicted octanol–water partition coefficient (Wildman–Crippen LogP) is 4.58. The van der Waals surface area contributed by atoms with E-state index in [0.29, 0.717) is 16.9 Å². The molecule has 0 aliphatic rings. The molecule has 0 aliphatic carbocycles. The average molecular weight is 351 g/mol. The zero-order valence-corrected chi connectivity index (χ0v) is 14.7. The molecule has 1 aromatic heterocycles. The summed E-state index contributed by atoms with van der Waals surface area (Å²) in [6, 6.07) is 14.6. The van der Waals surface area contributed by atoms with E-state index in [1.165, 1.54) is 22.9 Å². The second kappa shape index (κ2) is 8.08. The number of carboxylic acid groups (broad SMARTS) is 1. The van der Waals surface area contributed by atoms with Crippen LogP contribution in [0.4, 0.5) is 4.39 Å². The van der Waals surface area contributed by atoms with Crippen molar-refractivity contribution in [3.8, 4) is 23.0 Å². The Balaban J connectivity index is 0.00000117. The minimum atomic E-state index is -1.17. The van der Waals surface area contributed by atoms with Gasteiger partial charge in [-0.25, -0.2) is 13.9 Å². The minimum Gasteiger partial charge on any atom is -0.476 e. The average Bonchev–Trinajstić information content (AvgIpc) is 3.09. The lowest BCUT2D eigenvalue weighted by molar-refractivity contribution is 0.0690. The van der Waals surface area contributed by atoms with Gasteiger partial charge in [0, 0.05) is 5.56 Å². The molecule has 5 nitrogen and oxygen atoms in total. The summed E-state index contributed by atoms with van der Waals surface area (Å²) < 4.78 is 15.4. The van der Waals surface area contributed by atoms with Gasteiger partial charge in [-0.3, -0.25) is 0 Å². The molecular formula is C20H18FN3O2. The molecule has 0 amide bonds. The third kappa shape index (κ3) is 3.78. The van der Waals surface area contributed by atoms with Crippen LogP contribution in [0.5, 0.6) is 0 Å². The van der Waals surface area contributed by atoms with Gasteiger partial charge in [0.25, 0.3) is 0 Å². The molecule has 26 heavy (non-hydrogen) atoms. The first kappa shape index (κ1) is 18.9. The summed E-state index contributed by atoms with van der Waals surface area (Å²) in [5.41, 5.74) is 2.36. The Morgan fingerprint density at radius 1 is 1.15 bits per heavy atom. The number of carboxylic acids is 1. The highest BCUT2D eigenvalue weighted by Gasteiger charge is 2.17. The van der Waals surface area contributed by atoms with E-state index in [-0.39, 0.29) is 11.3 Å². The summed E-state index contributed by atoms with van der Waals surface area (Å²) in [4.78, 5) is 11.3. The number of hydrogen-bond donors (Lipinski definition) is 1. The number of rotatable bonds is 3. The van der Waals surface area contributed by atoms with Crippen LogP contribution in [0.1, 0.15) is 35.5 Å². The number of hydrogen-bond acceptors (Lipinski definition) is 3. The number of nitriles is 1. The van der Waals surface area contributed by atoms with Crippen LogP contribution in [-0.2, 0) is 0 Å². The number of benzene rings is 2. The van der Waals surface area contributed by atoms with Gasteiger partial charge in [-0.2, -0.15) is 10.4 Å². The fourth-order valence-electron chi connectivity index (χ4n) is 2.34. The quantitative estimate of drug-likeness (QED) is 0.749. The molecule has 3 aromatic rings. The Bertz CT molecular complexity index is 970. The van der Waals surface area contributed by atoms with Gasteiger partial charge in [-0.1, -0.05) is 37.6 Å². The lowest BCUT2D eigenvalue weighted by Gasteiger charge is -2.08. The summed E-state index contributed by atoms with van der Waals surface area (Å²) in [6.45, 7) is 5.94. The van der Waals surface area contributed by atoms with Crippen LogP contribution >= 0.6 is 0 Å². The van der Waals surface area contributed by atoms with Crippen molar-refractivity contribution in [2.45, 2.75) is 20.8 Å². The number of carbonyl (C=O) groups is 1. The van der Waals surface area contributed by atoms with Crippen LogP contribution < -0.4 is 0 Å². The number of nitrogens with zero attached hydrogens (tertiary/aromatic N) is 3. The van der Waals surface area contributed by atoms with Gasteiger partial charge in [0.1, 0.15) is 11.9 Å². The minimum absolute atomic E-state index is 0.0707. The first-order chi connectivity index (χ1) is 12.5. The summed E-state index contributed by atoms with van der Waals surface area (Å²) >= 11 is 0. The fourth-order valence-corrected chi connectivity index (χ4v) is 2.34. The van der Waals surface area contributed by atoms with E-state index in [9.17, 15) is 14.3 Å². The zero-order chi connectivity index (χ0) is 19.3. The molecule has 0 saturated carbocycles. The number of halogens is 1. The third-order valence-corrected chi connectivity index (χ3v) is 3.59. The highest BCUT2D eigenvalue weighted by atomic mass is 19.1. The van der Waals surface area contributed by atoms with Crippen LogP contribution in [0, 0.1) is 24.1 Å². The van der Waals surface area contributed by atoms with Crippen molar-refractivity contribution < 1.29 is 14.3 Å². The van der Waals surface area contributed by atoms with Crippen LogP contribution in [0.25, 0.3) is 16.9 Å². The molecule has 0 aliphatic heterocycles. The molecule has 1 heterocycles. The van der Waals surface area contributed by atoms with Crippen LogP contribution in [0.3, 0.4) is 0 Å². The van der Waals surface area contributed by atoms with Crippen molar-refractivity contribution in [3.63, 3.8) is 0 Å². The smallest absolute Gasteiger partial charge is 0.356 e. The fraction of sp³-hybridized carbons (Fsp3) is 0.150. The second-order valence-electron chi connectivity index (χ2n) is 5.27. The maximum Gasteiger partial charge on any atom is 0.356 e. The van der Waals surface area contributed by atoms with Gasteiger partial charge in [0.05, 0.1) is 16.9 Å². The van der Waals surface area contributed by atoms with Crippen LogP contribution in [-0.4, -0.2) is 20.9 Å². The van der Waals surface area contributed by atoms with E-state index in [1.807, 2.05) is 32.9 Å². The highest BCUT2D eigenvalue weighted by Crippen LogP contribution is 2.26. The summed E-state index contributed by atoms with van der Waals surface area (Å²) in [7, 11) is 0. The van der Waals surface area contributed by atoms with Crippen molar-refractivity contribution in [2.24, 2.45) is 0 Å². The topological polar surface area (TPSA) is 78.9 Å². The normalized spacial score (nSPS) is 9.81. The van der Waals surface area contributed by atoms with Gasteiger partial charge in [-0.05, 0) is 37.3 Å². The molecule has 0 fully saturated rings. The van der Waals surface area contributed by atoms with Crippen molar-refractivity contribution >= 4 is 5.97 Å². The molecule has 3 rings (SSSR count).